The highest BCUT2D eigenvalue weighted by molar-refractivity contribution is 7.92. The highest BCUT2D eigenvalue weighted by Crippen LogP contribution is 2.22. The number of sulfonamides is 1. The number of rotatable bonds is 5. The maximum absolute atomic E-state index is 12.3. The van der Waals surface area contributed by atoms with E-state index >= 15 is 0 Å². The molecular formula is C17H18N2O2S. The van der Waals surface area contributed by atoms with E-state index in [-0.39, 0.29) is 4.90 Å². The van der Waals surface area contributed by atoms with Crippen LogP contribution in [-0.2, 0) is 10.0 Å². The quantitative estimate of drug-likeness (QED) is 0.910. The normalized spacial score (nSPS) is 12.4. The minimum absolute atomic E-state index is 0.137. The molecule has 4 nitrogen and oxygen atoms in total. The summed E-state index contributed by atoms with van der Waals surface area (Å²) in [5.41, 5.74) is 2.14. The molecule has 0 radical (unpaired) electrons. The zero-order valence-electron chi connectivity index (χ0n) is 12.6. The van der Waals surface area contributed by atoms with Crippen LogP contribution in [0.3, 0.4) is 0 Å². The minimum atomic E-state index is -3.64. The van der Waals surface area contributed by atoms with E-state index in [2.05, 4.69) is 18.6 Å². The van der Waals surface area contributed by atoms with Gasteiger partial charge in [0.15, 0.2) is 0 Å². The molecule has 0 amide bonds. The van der Waals surface area contributed by atoms with Crippen molar-refractivity contribution in [2.45, 2.75) is 31.1 Å². The molecule has 5 heteroatoms. The monoisotopic (exact) mass is 314 g/mol. The van der Waals surface area contributed by atoms with E-state index in [0.717, 1.165) is 6.42 Å². The van der Waals surface area contributed by atoms with Crippen LogP contribution in [0.5, 0.6) is 0 Å². The summed E-state index contributed by atoms with van der Waals surface area (Å²) in [4.78, 5) is 0.137. The van der Waals surface area contributed by atoms with Gasteiger partial charge in [-0.3, -0.25) is 4.72 Å². The van der Waals surface area contributed by atoms with Gasteiger partial charge in [-0.1, -0.05) is 26.0 Å². The molecule has 1 atom stereocenters. The highest BCUT2D eigenvalue weighted by Gasteiger charge is 2.14. The molecule has 0 fully saturated rings. The molecule has 0 heterocycles. The van der Waals surface area contributed by atoms with Crippen molar-refractivity contribution in [1.29, 1.82) is 5.26 Å². The summed E-state index contributed by atoms with van der Waals surface area (Å²) in [7, 11) is -3.64. The van der Waals surface area contributed by atoms with Gasteiger partial charge in [-0.2, -0.15) is 5.26 Å². The minimum Gasteiger partial charge on any atom is -0.280 e. The van der Waals surface area contributed by atoms with Crippen LogP contribution >= 0.6 is 0 Å². The average Bonchev–Trinajstić information content (AvgIpc) is 2.54. The summed E-state index contributed by atoms with van der Waals surface area (Å²) in [6, 6.07) is 15.2. The molecule has 0 aliphatic rings. The number of hydrogen-bond donors (Lipinski definition) is 1. The van der Waals surface area contributed by atoms with Crippen LogP contribution in [0, 0.1) is 11.3 Å². The second kappa shape index (κ2) is 6.63. The Kier molecular flexibility index (Phi) is 4.84. The molecule has 0 aliphatic carbocycles. The van der Waals surface area contributed by atoms with Crippen molar-refractivity contribution in [3.63, 3.8) is 0 Å². The Hall–Kier alpha value is -2.32. The van der Waals surface area contributed by atoms with Crippen LogP contribution in [0.4, 0.5) is 5.69 Å². The second-order valence-electron chi connectivity index (χ2n) is 5.17. The van der Waals surface area contributed by atoms with E-state index < -0.39 is 10.0 Å². The van der Waals surface area contributed by atoms with Crippen molar-refractivity contribution in [2.75, 3.05) is 4.72 Å². The summed E-state index contributed by atoms with van der Waals surface area (Å²) in [6.45, 7) is 4.25. The molecule has 2 aromatic rings. The maximum atomic E-state index is 12.3. The summed E-state index contributed by atoms with van der Waals surface area (Å²) in [5.74, 6) is 0.448. The van der Waals surface area contributed by atoms with E-state index in [1.807, 2.05) is 18.2 Å². The third-order valence-electron chi connectivity index (χ3n) is 3.64. The third-order valence-corrected chi connectivity index (χ3v) is 5.04. The number of nitriles is 1. The number of nitrogens with one attached hydrogen (secondary N) is 1. The summed E-state index contributed by atoms with van der Waals surface area (Å²) < 4.78 is 27.1. The van der Waals surface area contributed by atoms with Crippen molar-refractivity contribution < 1.29 is 8.42 Å². The largest absolute Gasteiger partial charge is 0.280 e. The molecule has 1 N–H and O–H groups in total. The predicted molar refractivity (Wildman–Crippen MR) is 87.1 cm³/mol. The first-order valence-corrected chi connectivity index (χ1v) is 8.57. The van der Waals surface area contributed by atoms with E-state index in [1.54, 1.807) is 12.1 Å². The fourth-order valence-electron chi connectivity index (χ4n) is 2.04. The van der Waals surface area contributed by atoms with E-state index in [0.29, 0.717) is 17.2 Å². The van der Waals surface area contributed by atoms with E-state index in [1.165, 1.54) is 29.8 Å². The molecule has 0 unspecified atom stereocenters. The fraction of sp³-hybridized carbons (Fsp3) is 0.235. The van der Waals surface area contributed by atoms with Gasteiger partial charge < -0.3 is 0 Å². The van der Waals surface area contributed by atoms with Crippen LogP contribution in [-0.4, -0.2) is 8.42 Å². The first-order chi connectivity index (χ1) is 10.5. The van der Waals surface area contributed by atoms with Gasteiger partial charge >= 0.3 is 0 Å². The fourth-order valence-corrected chi connectivity index (χ4v) is 3.10. The van der Waals surface area contributed by atoms with Gasteiger partial charge in [0, 0.05) is 5.69 Å². The van der Waals surface area contributed by atoms with Gasteiger partial charge in [0.1, 0.15) is 0 Å². The Balaban J connectivity index is 2.19. The second-order valence-corrected chi connectivity index (χ2v) is 6.86. The Labute approximate surface area is 131 Å². The maximum Gasteiger partial charge on any atom is 0.261 e. The highest BCUT2D eigenvalue weighted by atomic mass is 32.2. The average molecular weight is 314 g/mol. The number of hydrogen-bond acceptors (Lipinski definition) is 3. The molecule has 0 spiro atoms. The van der Waals surface area contributed by atoms with Crippen LogP contribution in [0.2, 0.25) is 0 Å². The summed E-state index contributed by atoms with van der Waals surface area (Å²) in [6.07, 6.45) is 1.04. The molecule has 0 saturated heterocycles. The number of benzene rings is 2. The predicted octanol–water partition coefficient (Wildman–Crippen LogP) is 3.87. The van der Waals surface area contributed by atoms with Crippen molar-refractivity contribution >= 4 is 15.7 Å². The smallest absolute Gasteiger partial charge is 0.261 e. The van der Waals surface area contributed by atoms with Gasteiger partial charge in [-0.05, 0) is 54.3 Å². The van der Waals surface area contributed by atoms with Crippen LogP contribution in [0.1, 0.15) is 37.3 Å². The zero-order valence-corrected chi connectivity index (χ0v) is 13.4. The third kappa shape index (κ3) is 3.66. The summed E-state index contributed by atoms with van der Waals surface area (Å²) >= 11 is 0. The lowest BCUT2D eigenvalue weighted by molar-refractivity contribution is 0.601. The van der Waals surface area contributed by atoms with Gasteiger partial charge in [0.2, 0.25) is 0 Å². The number of nitrogens with zero attached hydrogens (tertiary/aromatic N) is 1. The van der Waals surface area contributed by atoms with Crippen LogP contribution in [0.25, 0.3) is 0 Å². The number of anilines is 1. The first-order valence-electron chi connectivity index (χ1n) is 7.09. The molecule has 0 aromatic heterocycles. The Morgan fingerprint density at radius 1 is 1.09 bits per heavy atom. The Morgan fingerprint density at radius 2 is 1.68 bits per heavy atom. The van der Waals surface area contributed by atoms with E-state index in [4.69, 9.17) is 5.26 Å². The molecule has 0 aliphatic heterocycles. The standard InChI is InChI=1S/C17H18N2O2S/c1-3-13(2)15-6-8-16(9-7-15)19-22(20,21)17-10-4-14(12-18)5-11-17/h4-11,13,19H,3H2,1-2H3/t13-/m1/s1. The van der Waals surface area contributed by atoms with Gasteiger partial charge in [0.25, 0.3) is 10.0 Å². The zero-order chi connectivity index (χ0) is 16.2. The molecule has 0 saturated carbocycles. The Morgan fingerprint density at radius 3 is 2.18 bits per heavy atom. The Bertz CT molecular complexity index is 773. The van der Waals surface area contributed by atoms with Gasteiger partial charge in [0.05, 0.1) is 16.5 Å². The van der Waals surface area contributed by atoms with Crippen molar-refractivity contribution in [2.24, 2.45) is 0 Å². The van der Waals surface area contributed by atoms with Crippen LogP contribution in [0.15, 0.2) is 53.4 Å². The van der Waals surface area contributed by atoms with E-state index in [9.17, 15) is 8.42 Å². The lowest BCUT2D eigenvalue weighted by atomic mass is 9.99. The van der Waals surface area contributed by atoms with Crippen LogP contribution < -0.4 is 4.72 Å². The summed E-state index contributed by atoms with van der Waals surface area (Å²) in [5, 5.41) is 8.74. The molecule has 2 rings (SSSR count). The van der Waals surface area contributed by atoms with Gasteiger partial charge in [-0.25, -0.2) is 8.42 Å². The lowest BCUT2D eigenvalue weighted by Crippen LogP contribution is -2.12. The van der Waals surface area contributed by atoms with Crippen molar-refractivity contribution in [1.82, 2.24) is 0 Å². The molecule has 0 bridgehead atoms. The van der Waals surface area contributed by atoms with Gasteiger partial charge in [-0.15, -0.1) is 0 Å². The van der Waals surface area contributed by atoms with Crippen molar-refractivity contribution in [3.05, 3.63) is 59.7 Å². The van der Waals surface area contributed by atoms with Crippen molar-refractivity contribution in [3.8, 4) is 6.07 Å². The molecule has 114 valence electrons. The molecular weight excluding hydrogens is 296 g/mol. The molecule has 22 heavy (non-hydrogen) atoms. The first kappa shape index (κ1) is 16.1. The topological polar surface area (TPSA) is 70.0 Å². The molecule has 2 aromatic carbocycles. The SMILES string of the molecule is CC[C@@H](C)c1ccc(NS(=O)(=O)c2ccc(C#N)cc2)cc1. The lowest BCUT2D eigenvalue weighted by Gasteiger charge is -2.11.